The number of thiazole rings is 1. The van der Waals surface area contributed by atoms with Crippen molar-refractivity contribution in [1.29, 1.82) is 0 Å². The van der Waals surface area contributed by atoms with Crippen LogP contribution in [0.2, 0.25) is 0 Å². The third-order valence-electron chi connectivity index (χ3n) is 4.72. The van der Waals surface area contributed by atoms with Crippen molar-refractivity contribution < 1.29 is 28.7 Å². The van der Waals surface area contributed by atoms with E-state index in [4.69, 9.17) is 14.2 Å². The smallest absolute Gasteiger partial charge is 0.350 e. The minimum absolute atomic E-state index is 0.151. The Kier molecular flexibility index (Phi) is 9.58. The molecule has 2 rings (SSSR count). The van der Waals surface area contributed by atoms with Crippen LogP contribution in [-0.4, -0.2) is 48.7 Å². The molecule has 0 aliphatic carbocycles. The number of rotatable bonds is 12. The molecule has 1 aromatic heterocycles. The topological polar surface area (TPSA) is 121 Å². The number of nitrogens with zero attached hydrogens (tertiary/aromatic N) is 3. The highest BCUT2D eigenvalue weighted by atomic mass is 32.1. The number of ether oxygens (including phenoxy) is 3. The van der Waals surface area contributed by atoms with Gasteiger partial charge in [0.2, 0.25) is 0 Å². The second kappa shape index (κ2) is 12.1. The predicted molar refractivity (Wildman–Crippen MR) is 125 cm³/mol. The number of esters is 1. The molecule has 0 aliphatic heterocycles. The molecule has 0 N–H and O–H groups in total. The monoisotopic (exact) mass is 479 g/mol. The fourth-order valence-corrected chi connectivity index (χ4v) is 4.12. The summed E-state index contributed by atoms with van der Waals surface area (Å²) in [5.41, 5.74) is -0.119. The quantitative estimate of drug-likeness (QED) is 0.184. The number of carbonyl (C=O) groups is 2. The van der Waals surface area contributed by atoms with Gasteiger partial charge in [-0.1, -0.05) is 31.1 Å². The van der Waals surface area contributed by atoms with Crippen molar-refractivity contribution in [1.82, 2.24) is 4.98 Å². The lowest BCUT2D eigenvalue weighted by Crippen LogP contribution is -2.32. The van der Waals surface area contributed by atoms with Gasteiger partial charge in [-0.3, -0.25) is 19.8 Å². The Hall–Kier alpha value is -3.21. The zero-order chi connectivity index (χ0) is 24.5. The van der Waals surface area contributed by atoms with Crippen LogP contribution in [0.5, 0.6) is 11.5 Å². The van der Waals surface area contributed by atoms with Crippen LogP contribution in [0, 0.1) is 17.0 Å². The molecule has 33 heavy (non-hydrogen) atoms. The van der Waals surface area contributed by atoms with Crippen molar-refractivity contribution in [3.05, 3.63) is 38.4 Å². The van der Waals surface area contributed by atoms with Crippen molar-refractivity contribution in [2.75, 3.05) is 31.8 Å². The number of nitro benzene ring substituents is 1. The number of aromatic nitrogens is 1. The third kappa shape index (κ3) is 6.19. The van der Waals surface area contributed by atoms with E-state index in [-0.39, 0.29) is 42.0 Å². The van der Waals surface area contributed by atoms with Crippen LogP contribution in [0.1, 0.15) is 65.8 Å². The second-order valence-electron chi connectivity index (χ2n) is 7.01. The molecule has 0 unspecified atom stereocenters. The Labute approximate surface area is 196 Å². The molecule has 180 valence electrons. The van der Waals surface area contributed by atoms with Gasteiger partial charge >= 0.3 is 5.97 Å². The average molecular weight is 480 g/mol. The van der Waals surface area contributed by atoms with Crippen molar-refractivity contribution >= 4 is 34.0 Å². The van der Waals surface area contributed by atoms with Crippen molar-refractivity contribution in [2.45, 2.75) is 47.0 Å². The fraction of sp³-hybridized carbons (Fsp3) is 0.500. The average Bonchev–Trinajstić information content (AvgIpc) is 3.17. The number of hydrogen-bond acceptors (Lipinski definition) is 9. The van der Waals surface area contributed by atoms with Crippen LogP contribution < -0.4 is 14.4 Å². The molecular weight excluding hydrogens is 450 g/mol. The number of aryl methyl sites for hydroxylation is 1. The first-order valence-corrected chi connectivity index (χ1v) is 11.6. The summed E-state index contributed by atoms with van der Waals surface area (Å²) in [6, 6.07) is 2.50. The Morgan fingerprint density at radius 2 is 1.88 bits per heavy atom. The second-order valence-corrected chi connectivity index (χ2v) is 7.98. The highest BCUT2D eigenvalue weighted by Crippen LogP contribution is 2.37. The van der Waals surface area contributed by atoms with Gasteiger partial charge < -0.3 is 14.2 Å². The van der Waals surface area contributed by atoms with Crippen molar-refractivity contribution in [3.63, 3.8) is 0 Å². The Morgan fingerprint density at radius 3 is 2.45 bits per heavy atom. The number of amides is 1. The molecule has 0 saturated heterocycles. The maximum Gasteiger partial charge on any atom is 0.350 e. The zero-order valence-corrected chi connectivity index (χ0v) is 20.3. The van der Waals surface area contributed by atoms with Crippen molar-refractivity contribution in [3.8, 4) is 11.5 Å². The van der Waals surface area contributed by atoms with E-state index < -0.39 is 22.5 Å². The summed E-state index contributed by atoms with van der Waals surface area (Å²) in [5.74, 6) is -0.742. The van der Waals surface area contributed by atoms with Gasteiger partial charge in [0.05, 0.1) is 37.0 Å². The standard InChI is InChI=1S/C22H29N3O7S/c1-6-9-10-11-24(22-23-14(4)19(33-22)21(27)32-8-3)20(26)15-12-17(30-5)18(31-7-2)13-16(15)25(28)29/h12-13H,6-11H2,1-5H3. The van der Waals surface area contributed by atoms with Gasteiger partial charge in [0.25, 0.3) is 11.6 Å². The van der Waals surface area contributed by atoms with Crippen LogP contribution in [-0.2, 0) is 4.74 Å². The first-order valence-electron chi connectivity index (χ1n) is 10.7. The summed E-state index contributed by atoms with van der Waals surface area (Å²) in [5, 5.41) is 12.1. The van der Waals surface area contributed by atoms with E-state index in [0.717, 1.165) is 24.2 Å². The molecule has 11 heteroatoms. The number of carbonyl (C=O) groups excluding carboxylic acids is 2. The van der Waals surface area contributed by atoms with Gasteiger partial charge in [0.1, 0.15) is 10.4 Å². The highest BCUT2D eigenvalue weighted by molar-refractivity contribution is 7.17. The van der Waals surface area contributed by atoms with Crippen LogP contribution in [0.15, 0.2) is 12.1 Å². The van der Waals surface area contributed by atoms with Gasteiger partial charge in [-0.25, -0.2) is 9.78 Å². The lowest BCUT2D eigenvalue weighted by Gasteiger charge is -2.20. The molecule has 1 aromatic carbocycles. The molecule has 10 nitrogen and oxygen atoms in total. The van der Waals surface area contributed by atoms with Crippen molar-refractivity contribution in [2.24, 2.45) is 0 Å². The summed E-state index contributed by atoms with van der Waals surface area (Å²) in [6.07, 6.45) is 2.44. The van der Waals surface area contributed by atoms with Gasteiger partial charge in [-0.2, -0.15) is 0 Å². The molecule has 0 atom stereocenters. The Bertz CT molecular complexity index is 1010. The summed E-state index contributed by atoms with van der Waals surface area (Å²) >= 11 is 1.03. The molecule has 0 radical (unpaired) electrons. The molecule has 0 saturated carbocycles. The minimum atomic E-state index is -0.628. The molecule has 0 fully saturated rings. The molecule has 2 aromatic rings. The largest absolute Gasteiger partial charge is 0.493 e. The van der Waals surface area contributed by atoms with E-state index in [1.165, 1.54) is 24.1 Å². The maximum atomic E-state index is 13.6. The normalized spacial score (nSPS) is 10.6. The van der Waals surface area contributed by atoms with E-state index in [9.17, 15) is 19.7 Å². The lowest BCUT2D eigenvalue weighted by molar-refractivity contribution is -0.385. The molecule has 1 amide bonds. The van der Waals surface area contributed by atoms with Gasteiger partial charge in [0.15, 0.2) is 16.6 Å². The van der Waals surface area contributed by atoms with Gasteiger partial charge in [0, 0.05) is 12.6 Å². The fourth-order valence-electron chi connectivity index (χ4n) is 3.13. The predicted octanol–water partition coefficient (Wildman–Crippen LogP) is 4.78. The summed E-state index contributed by atoms with van der Waals surface area (Å²) in [7, 11) is 1.40. The first-order chi connectivity index (χ1) is 15.8. The third-order valence-corrected chi connectivity index (χ3v) is 5.88. The zero-order valence-electron chi connectivity index (χ0n) is 19.5. The van der Waals surface area contributed by atoms with Crippen LogP contribution in [0.3, 0.4) is 0 Å². The van der Waals surface area contributed by atoms with Gasteiger partial charge in [-0.15, -0.1) is 0 Å². The Morgan fingerprint density at radius 1 is 1.15 bits per heavy atom. The van der Waals surface area contributed by atoms with E-state index in [1.807, 2.05) is 6.92 Å². The first kappa shape index (κ1) is 26.0. The van der Waals surface area contributed by atoms with Crippen LogP contribution >= 0.6 is 11.3 Å². The van der Waals surface area contributed by atoms with Crippen LogP contribution in [0.25, 0.3) is 0 Å². The lowest BCUT2D eigenvalue weighted by atomic mass is 10.1. The number of hydrogen-bond donors (Lipinski definition) is 0. The Balaban J connectivity index is 2.57. The number of benzene rings is 1. The SMILES string of the molecule is CCCCCN(C(=O)c1cc(OC)c(OCC)cc1[N+](=O)[O-])c1nc(C)c(C(=O)OCC)s1. The summed E-state index contributed by atoms with van der Waals surface area (Å²) in [6.45, 7) is 7.90. The van der Waals surface area contributed by atoms with E-state index in [2.05, 4.69) is 4.98 Å². The minimum Gasteiger partial charge on any atom is -0.493 e. The molecular formula is C22H29N3O7S. The molecule has 1 heterocycles. The van der Waals surface area contributed by atoms with E-state index in [1.54, 1.807) is 20.8 Å². The highest BCUT2D eigenvalue weighted by Gasteiger charge is 2.31. The number of unbranched alkanes of at least 4 members (excludes halogenated alkanes) is 2. The number of nitro groups is 1. The maximum absolute atomic E-state index is 13.6. The van der Waals surface area contributed by atoms with E-state index >= 15 is 0 Å². The molecule has 0 bridgehead atoms. The van der Waals surface area contributed by atoms with E-state index in [0.29, 0.717) is 17.0 Å². The van der Waals surface area contributed by atoms with Gasteiger partial charge in [-0.05, 0) is 27.2 Å². The van der Waals surface area contributed by atoms with Crippen LogP contribution in [0.4, 0.5) is 10.8 Å². The number of methoxy groups -OCH3 is 1. The summed E-state index contributed by atoms with van der Waals surface area (Å²) < 4.78 is 15.8. The number of anilines is 1. The molecule has 0 aliphatic rings. The molecule has 0 spiro atoms. The summed E-state index contributed by atoms with van der Waals surface area (Å²) in [4.78, 5) is 43.1.